The zero-order valence-corrected chi connectivity index (χ0v) is 22.9. The lowest BCUT2D eigenvalue weighted by molar-refractivity contribution is -0.158. The lowest BCUT2D eigenvalue weighted by atomic mass is 9.64. The van der Waals surface area contributed by atoms with Crippen LogP contribution in [-0.4, -0.2) is 93.6 Å². The van der Waals surface area contributed by atoms with E-state index in [1.807, 2.05) is 34.6 Å². The van der Waals surface area contributed by atoms with Crippen molar-refractivity contribution < 1.29 is 24.2 Å². The van der Waals surface area contributed by atoms with Gasteiger partial charge in [-0.15, -0.1) is 13.2 Å². The van der Waals surface area contributed by atoms with Crippen molar-refractivity contribution in [2.24, 2.45) is 17.8 Å². The lowest BCUT2D eigenvalue weighted by Gasteiger charge is -2.41. The van der Waals surface area contributed by atoms with E-state index in [0.717, 1.165) is 0 Å². The molecular formula is C28H45N3O5. The average molecular weight is 504 g/mol. The quantitative estimate of drug-likeness (QED) is 0.414. The van der Waals surface area contributed by atoms with Crippen LogP contribution >= 0.6 is 0 Å². The van der Waals surface area contributed by atoms with E-state index in [2.05, 4.69) is 13.2 Å². The highest BCUT2D eigenvalue weighted by molar-refractivity contribution is 5.99. The van der Waals surface area contributed by atoms with Crippen molar-refractivity contribution in [3.05, 3.63) is 25.3 Å². The van der Waals surface area contributed by atoms with Gasteiger partial charge < -0.3 is 24.5 Å². The fourth-order valence-electron chi connectivity index (χ4n) is 6.90. The van der Waals surface area contributed by atoms with E-state index in [9.17, 15) is 19.5 Å². The van der Waals surface area contributed by atoms with Gasteiger partial charge in [-0.2, -0.15) is 0 Å². The Balaban J connectivity index is 2.19. The largest absolute Gasteiger partial charge is 0.394 e. The SMILES string of the molecule is C=CCN(C)C(=O)[C@H]1[C@H]2C(=O)N([C@@H](CO)CC(C)C)C(C(=O)N(CC=C)C(C)C)C23CC[C@]1(CC)O3. The minimum atomic E-state index is -1.10. The summed E-state index contributed by atoms with van der Waals surface area (Å²) in [4.78, 5) is 47.3. The zero-order chi connectivity index (χ0) is 27.0. The van der Waals surface area contributed by atoms with Gasteiger partial charge in [0.05, 0.1) is 30.1 Å². The number of carbonyl (C=O) groups excluding carboxylic acids is 3. The molecule has 8 nitrogen and oxygen atoms in total. The van der Waals surface area contributed by atoms with Gasteiger partial charge in [0.25, 0.3) is 0 Å². The number of nitrogens with zero attached hydrogens (tertiary/aromatic N) is 3. The van der Waals surface area contributed by atoms with Crippen LogP contribution < -0.4 is 0 Å². The third kappa shape index (κ3) is 4.30. The second-order valence-corrected chi connectivity index (χ2v) is 11.4. The van der Waals surface area contributed by atoms with Gasteiger partial charge >= 0.3 is 0 Å². The number of ether oxygens (including phenoxy) is 1. The van der Waals surface area contributed by atoms with Crippen LogP contribution in [0.5, 0.6) is 0 Å². The van der Waals surface area contributed by atoms with Crippen LogP contribution in [0.15, 0.2) is 25.3 Å². The van der Waals surface area contributed by atoms with Crippen LogP contribution in [0, 0.1) is 17.8 Å². The average Bonchev–Trinajstić information content (AvgIpc) is 3.43. The molecule has 3 aliphatic heterocycles. The molecule has 0 aromatic carbocycles. The van der Waals surface area contributed by atoms with Crippen LogP contribution in [-0.2, 0) is 19.1 Å². The molecule has 0 aromatic heterocycles. The van der Waals surface area contributed by atoms with Crippen LogP contribution in [0.1, 0.15) is 60.3 Å². The summed E-state index contributed by atoms with van der Waals surface area (Å²) in [5.74, 6) is -1.86. The number of aliphatic hydroxyl groups excluding tert-OH is 1. The monoisotopic (exact) mass is 503 g/mol. The van der Waals surface area contributed by atoms with E-state index in [-0.39, 0.29) is 36.3 Å². The van der Waals surface area contributed by atoms with Crippen molar-refractivity contribution in [1.29, 1.82) is 0 Å². The minimum absolute atomic E-state index is 0.115. The smallest absolute Gasteiger partial charge is 0.248 e. The van der Waals surface area contributed by atoms with Crippen molar-refractivity contribution in [2.75, 3.05) is 26.7 Å². The molecule has 3 heterocycles. The van der Waals surface area contributed by atoms with Crippen molar-refractivity contribution >= 4 is 17.7 Å². The molecule has 1 N–H and O–H groups in total. The van der Waals surface area contributed by atoms with Gasteiger partial charge in [-0.3, -0.25) is 14.4 Å². The molecule has 2 unspecified atom stereocenters. The number of aliphatic hydroxyl groups is 1. The molecule has 3 aliphatic rings. The normalized spacial score (nSPS) is 31.6. The first kappa shape index (κ1) is 28.4. The first-order chi connectivity index (χ1) is 17.0. The number of likely N-dealkylation sites (N-methyl/N-ethyl adjacent to an activating group) is 1. The predicted molar refractivity (Wildman–Crippen MR) is 139 cm³/mol. The Morgan fingerprint density at radius 3 is 2.31 bits per heavy atom. The van der Waals surface area contributed by atoms with E-state index >= 15 is 0 Å². The van der Waals surface area contributed by atoms with Crippen LogP contribution in [0.4, 0.5) is 0 Å². The van der Waals surface area contributed by atoms with Crippen LogP contribution in [0.2, 0.25) is 0 Å². The van der Waals surface area contributed by atoms with Crippen molar-refractivity contribution in [3.8, 4) is 0 Å². The summed E-state index contributed by atoms with van der Waals surface area (Å²) >= 11 is 0. The van der Waals surface area contributed by atoms with Crippen molar-refractivity contribution in [2.45, 2.75) is 89.6 Å². The van der Waals surface area contributed by atoms with Gasteiger partial charge in [0, 0.05) is 26.2 Å². The Kier molecular flexibility index (Phi) is 8.40. The first-order valence-electron chi connectivity index (χ1n) is 13.4. The topological polar surface area (TPSA) is 90.4 Å². The number of hydrogen-bond acceptors (Lipinski definition) is 5. The second-order valence-electron chi connectivity index (χ2n) is 11.4. The molecule has 8 heteroatoms. The van der Waals surface area contributed by atoms with Gasteiger partial charge in [0.2, 0.25) is 17.7 Å². The van der Waals surface area contributed by atoms with E-state index in [1.165, 1.54) is 0 Å². The maximum atomic E-state index is 14.3. The summed E-state index contributed by atoms with van der Waals surface area (Å²) in [6.07, 6.45) is 5.61. The molecule has 3 rings (SSSR count). The molecule has 3 saturated heterocycles. The molecule has 1 spiro atoms. The summed E-state index contributed by atoms with van der Waals surface area (Å²) in [5, 5.41) is 10.4. The van der Waals surface area contributed by atoms with E-state index in [0.29, 0.717) is 38.8 Å². The molecule has 6 atom stereocenters. The van der Waals surface area contributed by atoms with E-state index in [1.54, 1.807) is 33.9 Å². The van der Waals surface area contributed by atoms with Gasteiger partial charge in [0.15, 0.2) is 0 Å². The van der Waals surface area contributed by atoms with Crippen LogP contribution in [0.25, 0.3) is 0 Å². The molecule has 36 heavy (non-hydrogen) atoms. The molecular weight excluding hydrogens is 458 g/mol. The van der Waals surface area contributed by atoms with Crippen molar-refractivity contribution in [1.82, 2.24) is 14.7 Å². The third-order valence-corrected chi connectivity index (χ3v) is 8.48. The van der Waals surface area contributed by atoms with Gasteiger partial charge in [0.1, 0.15) is 11.6 Å². The molecule has 202 valence electrons. The Morgan fingerprint density at radius 2 is 1.81 bits per heavy atom. The number of likely N-dealkylation sites (tertiary alicyclic amines) is 1. The molecule has 3 fully saturated rings. The summed E-state index contributed by atoms with van der Waals surface area (Å²) in [6, 6.07) is -1.55. The predicted octanol–water partition coefficient (Wildman–Crippen LogP) is 2.62. The number of amides is 3. The lowest BCUT2D eigenvalue weighted by Crippen LogP contribution is -2.60. The number of fused-ring (bicyclic) bond motifs is 1. The second kappa shape index (κ2) is 10.7. The molecule has 0 radical (unpaired) electrons. The highest BCUT2D eigenvalue weighted by Crippen LogP contribution is 2.65. The van der Waals surface area contributed by atoms with Gasteiger partial charge in [-0.25, -0.2) is 0 Å². The number of rotatable bonds is 12. The van der Waals surface area contributed by atoms with E-state index in [4.69, 9.17) is 4.74 Å². The Labute approximate surface area is 216 Å². The maximum absolute atomic E-state index is 14.3. The Morgan fingerprint density at radius 1 is 1.17 bits per heavy atom. The maximum Gasteiger partial charge on any atom is 0.248 e. The molecule has 0 aliphatic carbocycles. The fraction of sp³-hybridized carbons (Fsp3) is 0.750. The molecule has 0 aromatic rings. The Hall–Kier alpha value is -2.19. The minimum Gasteiger partial charge on any atom is -0.394 e. The van der Waals surface area contributed by atoms with Gasteiger partial charge in [-0.1, -0.05) is 32.9 Å². The van der Waals surface area contributed by atoms with Crippen molar-refractivity contribution in [3.63, 3.8) is 0 Å². The summed E-state index contributed by atoms with van der Waals surface area (Å²) in [6.45, 7) is 17.9. The summed E-state index contributed by atoms with van der Waals surface area (Å²) in [5.41, 5.74) is -1.89. The van der Waals surface area contributed by atoms with Gasteiger partial charge in [-0.05, 0) is 45.4 Å². The highest BCUT2D eigenvalue weighted by atomic mass is 16.5. The molecule has 0 saturated carbocycles. The summed E-state index contributed by atoms with van der Waals surface area (Å²) < 4.78 is 6.83. The number of hydrogen-bond donors (Lipinski definition) is 1. The number of carbonyl (C=O) groups is 3. The highest BCUT2D eigenvalue weighted by Gasteiger charge is 2.79. The molecule has 3 amide bonds. The molecule has 2 bridgehead atoms. The first-order valence-corrected chi connectivity index (χ1v) is 13.4. The third-order valence-electron chi connectivity index (χ3n) is 8.48. The standard InChI is InChI=1S/C28H45N3O5/c1-9-14-29(8)24(33)21-22-25(34)31(20(17-32)16-18(4)5)23(26(35)30(15-10-2)19(6)7)28(22)13-12-27(21,11-3)36-28/h9-10,18-23,32H,1-2,11-17H2,3-8H3/t20-,21-,22+,23?,27+,28?/m1/s1. The zero-order valence-electron chi connectivity index (χ0n) is 22.9. The fourth-order valence-corrected chi connectivity index (χ4v) is 6.90. The van der Waals surface area contributed by atoms with Crippen LogP contribution in [0.3, 0.4) is 0 Å². The Bertz CT molecular complexity index is 888. The van der Waals surface area contributed by atoms with E-state index < -0.39 is 35.1 Å². The summed E-state index contributed by atoms with van der Waals surface area (Å²) in [7, 11) is 1.71.